The Morgan fingerprint density at radius 1 is 1.12 bits per heavy atom. The van der Waals surface area contributed by atoms with Gasteiger partial charge in [0.1, 0.15) is 24.1 Å². The zero-order chi connectivity index (χ0) is 30.6. The summed E-state index contributed by atoms with van der Waals surface area (Å²) in [4.78, 5) is 35.1. The molecule has 4 rings (SSSR count). The lowest BCUT2D eigenvalue weighted by Crippen LogP contribution is -2.43. The maximum Gasteiger partial charge on any atom is 0.271 e. The molecule has 0 fully saturated rings. The summed E-state index contributed by atoms with van der Waals surface area (Å²) in [5.41, 5.74) is 2.02. The van der Waals surface area contributed by atoms with E-state index in [0.29, 0.717) is 73.3 Å². The van der Waals surface area contributed by atoms with E-state index in [0.717, 1.165) is 5.56 Å². The molecule has 0 N–H and O–H groups in total. The van der Waals surface area contributed by atoms with Gasteiger partial charge in [-0.3, -0.25) is 14.2 Å². The minimum atomic E-state index is -0.780. The molecule has 9 nitrogen and oxygen atoms in total. The van der Waals surface area contributed by atoms with Crippen molar-refractivity contribution in [2.24, 2.45) is 4.99 Å². The van der Waals surface area contributed by atoms with Gasteiger partial charge < -0.3 is 23.8 Å². The monoisotopic (exact) mass is 655 g/mol. The third-order valence-corrected chi connectivity index (χ3v) is 8.50. The molecule has 42 heavy (non-hydrogen) atoms. The molecule has 0 bridgehead atoms. The Morgan fingerprint density at radius 2 is 1.83 bits per heavy atom. The SMILES string of the molecule is C=CCOc1c(Br)cc(/C=c2/sc3n(c2=O)[C@@H](c2cc(OC)ccc2OC)C(C(=O)N(CC)CC)=C(C)N=3)cc1OC. The average Bonchev–Trinajstić information content (AvgIpc) is 3.29. The number of benzene rings is 2. The number of carbonyl (C=O) groups excluding carboxylic acids is 1. The second kappa shape index (κ2) is 13.4. The Morgan fingerprint density at radius 3 is 2.45 bits per heavy atom. The molecular formula is C31H34BrN3O6S. The number of methoxy groups -OCH3 is 3. The van der Waals surface area contributed by atoms with E-state index in [2.05, 4.69) is 22.5 Å². The number of hydrogen-bond donors (Lipinski definition) is 0. The van der Waals surface area contributed by atoms with E-state index in [-0.39, 0.29) is 11.5 Å². The van der Waals surface area contributed by atoms with E-state index in [1.54, 1.807) is 74.1 Å². The topological polar surface area (TPSA) is 91.6 Å². The summed E-state index contributed by atoms with van der Waals surface area (Å²) in [5, 5.41) is 0. The fourth-order valence-electron chi connectivity index (χ4n) is 4.88. The number of aromatic nitrogens is 1. The average molecular weight is 657 g/mol. The zero-order valence-electron chi connectivity index (χ0n) is 24.5. The number of ether oxygens (including phenoxy) is 4. The van der Waals surface area contributed by atoms with Crippen LogP contribution in [0, 0.1) is 0 Å². The van der Waals surface area contributed by atoms with Gasteiger partial charge in [0.25, 0.3) is 11.5 Å². The van der Waals surface area contributed by atoms with Gasteiger partial charge in [0.15, 0.2) is 16.3 Å². The Bertz CT molecular complexity index is 1720. The predicted molar refractivity (Wildman–Crippen MR) is 168 cm³/mol. The van der Waals surface area contributed by atoms with Crippen molar-refractivity contribution in [3.05, 3.63) is 89.5 Å². The van der Waals surface area contributed by atoms with Gasteiger partial charge in [0.05, 0.1) is 41.6 Å². The van der Waals surface area contributed by atoms with Gasteiger partial charge in [0, 0.05) is 18.7 Å². The van der Waals surface area contributed by atoms with Crippen molar-refractivity contribution in [2.45, 2.75) is 26.8 Å². The summed E-state index contributed by atoms with van der Waals surface area (Å²) in [6.45, 7) is 10.7. The molecule has 1 aromatic heterocycles. The van der Waals surface area contributed by atoms with E-state index >= 15 is 0 Å². The third-order valence-electron chi connectivity index (χ3n) is 6.93. The third kappa shape index (κ3) is 5.89. The molecule has 2 aromatic carbocycles. The van der Waals surface area contributed by atoms with E-state index in [4.69, 9.17) is 23.9 Å². The number of nitrogens with zero attached hydrogens (tertiary/aromatic N) is 3. The lowest BCUT2D eigenvalue weighted by molar-refractivity contribution is -0.127. The van der Waals surface area contributed by atoms with Crippen LogP contribution in [0.3, 0.4) is 0 Å². The molecule has 222 valence electrons. The largest absolute Gasteiger partial charge is 0.497 e. The number of allylic oxidation sites excluding steroid dienone is 1. The standard InChI is InChI=1S/C31H34BrN3O6S/c1-8-13-41-28-22(32)14-19(15-24(28)40-7)16-25-29(36)35-27(21-17-20(38-5)11-12-23(21)39-6)26(18(4)33-31(35)42-25)30(37)34(9-2)10-3/h8,11-12,14-17,27H,1,9-10,13H2,2-7H3/b25-16+/t27-/m0/s1. The maximum atomic E-state index is 14.2. The number of likely N-dealkylation sites (N-methyl/N-ethyl adjacent to an activating group) is 1. The molecule has 11 heteroatoms. The Labute approximate surface area is 257 Å². The molecule has 0 saturated carbocycles. The van der Waals surface area contributed by atoms with E-state index in [1.807, 2.05) is 19.9 Å². The van der Waals surface area contributed by atoms with Crippen LogP contribution >= 0.6 is 27.3 Å². The summed E-state index contributed by atoms with van der Waals surface area (Å²) >= 11 is 4.80. The van der Waals surface area contributed by atoms with Crippen LogP contribution in [-0.4, -0.2) is 56.4 Å². The molecule has 1 atom stereocenters. The molecule has 1 aliphatic rings. The molecule has 1 amide bonds. The van der Waals surface area contributed by atoms with Crippen molar-refractivity contribution in [3.63, 3.8) is 0 Å². The lowest BCUT2D eigenvalue weighted by Gasteiger charge is -2.30. The van der Waals surface area contributed by atoms with Crippen molar-refractivity contribution >= 4 is 39.2 Å². The van der Waals surface area contributed by atoms with E-state index < -0.39 is 6.04 Å². The first-order valence-corrected chi connectivity index (χ1v) is 15.0. The van der Waals surface area contributed by atoms with Crippen molar-refractivity contribution in [1.29, 1.82) is 0 Å². The molecule has 0 aliphatic carbocycles. The lowest BCUT2D eigenvalue weighted by atomic mass is 9.93. The number of hydrogen-bond acceptors (Lipinski definition) is 8. The molecular weight excluding hydrogens is 622 g/mol. The van der Waals surface area contributed by atoms with Gasteiger partial charge in [-0.2, -0.15) is 0 Å². The summed E-state index contributed by atoms with van der Waals surface area (Å²) in [5.74, 6) is 1.96. The van der Waals surface area contributed by atoms with Crippen LogP contribution in [0.15, 0.2) is 68.5 Å². The van der Waals surface area contributed by atoms with Crippen molar-refractivity contribution < 1.29 is 23.7 Å². The molecule has 0 saturated heterocycles. The van der Waals surface area contributed by atoms with Gasteiger partial charge >= 0.3 is 0 Å². The van der Waals surface area contributed by atoms with E-state index in [9.17, 15) is 9.59 Å². The highest BCUT2D eigenvalue weighted by Crippen LogP contribution is 2.39. The fraction of sp³-hybridized carbons (Fsp3) is 0.323. The molecule has 2 heterocycles. The minimum absolute atomic E-state index is 0.186. The summed E-state index contributed by atoms with van der Waals surface area (Å²) in [6, 6.07) is 8.23. The minimum Gasteiger partial charge on any atom is -0.497 e. The molecule has 1 aliphatic heterocycles. The highest BCUT2D eigenvalue weighted by atomic mass is 79.9. The van der Waals surface area contributed by atoms with Gasteiger partial charge in [-0.15, -0.1) is 0 Å². The second-order valence-electron chi connectivity index (χ2n) is 9.30. The van der Waals surface area contributed by atoms with Crippen LogP contribution in [0.5, 0.6) is 23.0 Å². The molecule has 0 unspecified atom stereocenters. The summed E-state index contributed by atoms with van der Waals surface area (Å²) < 4.78 is 25.2. The van der Waals surface area contributed by atoms with Crippen LogP contribution in [0.1, 0.15) is 37.9 Å². The normalized spacial score (nSPS) is 14.6. The highest BCUT2D eigenvalue weighted by molar-refractivity contribution is 9.10. The van der Waals surface area contributed by atoms with Crippen LogP contribution in [0.2, 0.25) is 0 Å². The number of fused-ring (bicyclic) bond motifs is 1. The Hall–Kier alpha value is -3.83. The number of halogens is 1. The van der Waals surface area contributed by atoms with Gasteiger partial charge in [0.2, 0.25) is 0 Å². The molecule has 0 spiro atoms. The zero-order valence-corrected chi connectivity index (χ0v) is 26.9. The number of amides is 1. The van der Waals surface area contributed by atoms with Crippen molar-refractivity contribution in [1.82, 2.24) is 9.47 Å². The molecule has 0 radical (unpaired) electrons. The first-order valence-electron chi connectivity index (χ1n) is 13.4. The predicted octanol–water partition coefficient (Wildman–Crippen LogP) is 4.46. The number of carbonyl (C=O) groups is 1. The first kappa shape index (κ1) is 31.1. The van der Waals surface area contributed by atoms with Gasteiger partial charge in [-0.05, 0) is 78.7 Å². The smallest absolute Gasteiger partial charge is 0.271 e. The van der Waals surface area contributed by atoms with E-state index in [1.165, 1.54) is 11.3 Å². The highest BCUT2D eigenvalue weighted by Gasteiger charge is 2.36. The fourth-order valence-corrected chi connectivity index (χ4v) is 6.50. The quantitative estimate of drug-likeness (QED) is 0.284. The first-order chi connectivity index (χ1) is 20.2. The second-order valence-corrected chi connectivity index (χ2v) is 11.2. The summed E-state index contributed by atoms with van der Waals surface area (Å²) in [7, 11) is 4.68. The van der Waals surface area contributed by atoms with Crippen LogP contribution < -0.4 is 33.8 Å². The van der Waals surface area contributed by atoms with Gasteiger partial charge in [-0.1, -0.05) is 24.0 Å². The van der Waals surface area contributed by atoms with Crippen molar-refractivity contribution in [2.75, 3.05) is 41.0 Å². The number of thiazole rings is 1. The Kier molecular flexibility index (Phi) is 9.95. The summed E-state index contributed by atoms with van der Waals surface area (Å²) in [6.07, 6.45) is 3.43. The van der Waals surface area contributed by atoms with Crippen LogP contribution in [0.4, 0.5) is 0 Å². The van der Waals surface area contributed by atoms with Gasteiger partial charge in [-0.25, -0.2) is 4.99 Å². The van der Waals surface area contributed by atoms with Crippen LogP contribution in [0.25, 0.3) is 6.08 Å². The Balaban J connectivity index is 1.98. The molecule has 3 aromatic rings. The number of rotatable bonds is 11. The van der Waals surface area contributed by atoms with Crippen molar-refractivity contribution in [3.8, 4) is 23.0 Å². The maximum absolute atomic E-state index is 14.2. The van der Waals surface area contributed by atoms with Crippen LogP contribution in [-0.2, 0) is 4.79 Å².